The van der Waals surface area contributed by atoms with E-state index in [1.807, 2.05) is 0 Å². The molecule has 17 heavy (non-hydrogen) atoms. The second-order valence-electron chi connectivity index (χ2n) is 3.61. The first-order valence-electron chi connectivity index (χ1n) is 5.29. The molecule has 4 heteroatoms. The van der Waals surface area contributed by atoms with Crippen LogP contribution in [0, 0.1) is 5.82 Å². The summed E-state index contributed by atoms with van der Waals surface area (Å²) in [6, 6.07) is 9.89. The molecule has 0 bridgehead atoms. The van der Waals surface area contributed by atoms with Crippen LogP contribution in [-0.4, -0.2) is 5.11 Å². The van der Waals surface area contributed by atoms with Gasteiger partial charge < -0.3 is 14.3 Å². The number of hydrogen-bond donors (Lipinski definition) is 1. The molecule has 1 aromatic heterocycles. The summed E-state index contributed by atoms with van der Waals surface area (Å²) in [4.78, 5) is 0. The summed E-state index contributed by atoms with van der Waals surface area (Å²) in [5, 5.41) is 8.81. The fourth-order valence-corrected chi connectivity index (χ4v) is 1.46. The maximum absolute atomic E-state index is 13.2. The van der Waals surface area contributed by atoms with Crippen LogP contribution in [0.25, 0.3) is 0 Å². The average molecular weight is 236 g/mol. The Morgan fingerprint density at radius 1 is 1.06 bits per heavy atom. The minimum atomic E-state index is -0.275. The average Bonchev–Trinajstić information content (AvgIpc) is 2.80. The van der Waals surface area contributed by atoms with Crippen LogP contribution in [0.3, 0.4) is 0 Å². The van der Waals surface area contributed by atoms with Crippen molar-refractivity contribution in [3.8, 4) is 0 Å². The highest BCUT2D eigenvalue weighted by Crippen LogP contribution is 2.12. The fourth-order valence-electron chi connectivity index (χ4n) is 1.46. The Morgan fingerprint density at radius 3 is 2.53 bits per heavy atom. The zero-order valence-corrected chi connectivity index (χ0v) is 9.23. The molecule has 1 aromatic carbocycles. The van der Waals surface area contributed by atoms with Crippen molar-refractivity contribution >= 4 is 0 Å². The van der Waals surface area contributed by atoms with Gasteiger partial charge in [-0.2, -0.15) is 0 Å². The van der Waals surface area contributed by atoms with E-state index in [1.54, 1.807) is 30.3 Å². The Balaban J connectivity index is 1.85. The molecule has 90 valence electrons. The van der Waals surface area contributed by atoms with Crippen LogP contribution in [0.1, 0.15) is 17.1 Å². The van der Waals surface area contributed by atoms with Crippen LogP contribution in [0.4, 0.5) is 4.39 Å². The Kier molecular flexibility index (Phi) is 3.90. The third-order valence-electron chi connectivity index (χ3n) is 2.33. The first kappa shape index (κ1) is 11.8. The quantitative estimate of drug-likeness (QED) is 0.867. The van der Waals surface area contributed by atoms with Crippen LogP contribution in [0.5, 0.6) is 0 Å². The van der Waals surface area contributed by atoms with E-state index < -0.39 is 0 Å². The first-order chi connectivity index (χ1) is 8.29. The van der Waals surface area contributed by atoms with Crippen molar-refractivity contribution in [1.29, 1.82) is 0 Å². The Bertz CT molecular complexity index is 479. The van der Waals surface area contributed by atoms with Gasteiger partial charge in [0.05, 0.1) is 6.61 Å². The minimum absolute atomic E-state index is 0.132. The molecule has 0 aliphatic carbocycles. The Labute approximate surface area is 98.5 Å². The van der Waals surface area contributed by atoms with E-state index in [0.29, 0.717) is 17.1 Å². The molecule has 3 nitrogen and oxygen atoms in total. The number of benzene rings is 1. The first-order valence-corrected chi connectivity index (χ1v) is 5.29. The Morgan fingerprint density at radius 2 is 1.82 bits per heavy atom. The topological polar surface area (TPSA) is 42.6 Å². The molecule has 0 unspecified atom stereocenters. The van der Waals surface area contributed by atoms with Gasteiger partial charge in [0.15, 0.2) is 0 Å². The number of furan rings is 1. The lowest BCUT2D eigenvalue weighted by Crippen LogP contribution is -1.95. The number of aliphatic hydroxyl groups is 1. The summed E-state index contributed by atoms with van der Waals surface area (Å²) in [6.45, 7) is 0.323. The molecule has 0 aliphatic heterocycles. The summed E-state index contributed by atoms with van der Waals surface area (Å²) in [5.74, 6) is 0.836. The lowest BCUT2D eigenvalue weighted by atomic mass is 10.2. The van der Waals surface area contributed by atoms with E-state index in [-0.39, 0.29) is 25.6 Å². The number of hydrogen-bond acceptors (Lipinski definition) is 3. The predicted molar refractivity (Wildman–Crippen MR) is 59.5 cm³/mol. The summed E-state index contributed by atoms with van der Waals surface area (Å²) in [7, 11) is 0. The van der Waals surface area contributed by atoms with Crippen LogP contribution in [0.2, 0.25) is 0 Å². The smallest absolute Gasteiger partial charge is 0.130 e. The number of halogens is 1. The highest BCUT2D eigenvalue weighted by atomic mass is 19.1. The highest BCUT2D eigenvalue weighted by Gasteiger charge is 2.03. The van der Waals surface area contributed by atoms with E-state index in [9.17, 15) is 4.39 Å². The van der Waals surface area contributed by atoms with Crippen molar-refractivity contribution in [3.63, 3.8) is 0 Å². The summed E-state index contributed by atoms with van der Waals surface area (Å²) < 4.78 is 23.8. The van der Waals surface area contributed by atoms with Gasteiger partial charge in [-0.3, -0.25) is 0 Å². The number of ether oxygens (including phenoxy) is 1. The van der Waals surface area contributed by atoms with Gasteiger partial charge in [-0.25, -0.2) is 4.39 Å². The van der Waals surface area contributed by atoms with Crippen LogP contribution in [0.15, 0.2) is 40.8 Å². The molecule has 2 aromatic rings. The fraction of sp³-hybridized carbons (Fsp3) is 0.231. The standard InChI is InChI=1S/C13H13FO3/c14-13-4-2-1-3-10(13)8-16-9-12-6-5-11(7-15)17-12/h1-6,15H,7-9H2. The van der Waals surface area contributed by atoms with Gasteiger partial charge in [0.2, 0.25) is 0 Å². The Hall–Kier alpha value is -1.65. The summed E-state index contributed by atoms with van der Waals surface area (Å²) >= 11 is 0. The molecule has 0 radical (unpaired) electrons. The van der Waals surface area contributed by atoms with E-state index in [2.05, 4.69) is 0 Å². The normalized spacial score (nSPS) is 10.7. The SMILES string of the molecule is OCc1ccc(COCc2ccccc2F)o1. The van der Waals surface area contributed by atoms with Crippen LogP contribution < -0.4 is 0 Å². The molecule has 0 spiro atoms. The van der Waals surface area contributed by atoms with Gasteiger partial charge in [-0.15, -0.1) is 0 Å². The van der Waals surface area contributed by atoms with Crippen molar-refractivity contribution in [2.45, 2.75) is 19.8 Å². The predicted octanol–water partition coefficient (Wildman–Crippen LogP) is 2.63. The molecule has 0 atom stereocenters. The molecule has 0 aliphatic rings. The molecule has 1 N–H and O–H groups in total. The lowest BCUT2D eigenvalue weighted by molar-refractivity contribution is 0.0885. The van der Waals surface area contributed by atoms with Crippen molar-refractivity contribution < 1.29 is 18.7 Å². The number of aliphatic hydroxyl groups excluding tert-OH is 1. The molecule has 1 heterocycles. The highest BCUT2D eigenvalue weighted by molar-refractivity contribution is 5.16. The van der Waals surface area contributed by atoms with Gasteiger partial charge in [-0.1, -0.05) is 18.2 Å². The minimum Gasteiger partial charge on any atom is -0.461 e. The third kappa shape index (κ3) is 3.15. The van der Waals surface area contributed by atoms with E-state index >= 15 is 0 Å². The van der Waals surface area contributed by atoms with Gasteiger partial charge in [0.1, 0.15) is 30.6 Å². The van der Waals surface area contributed by atoms with Crippen molar-refractivity contribution in [2.24, 2.45) is 0 Å². The third-order valence-corrected chi connectivity index (χ3v) is 2.33. The lowest BCUT2D eigenvalue weighted by Gasteiger charge is -2.03. The second kappa shape index (κ2) is 5.61. The van der Waals surface area contributed by atoms with E-state index in [0.717, 1.165) is 0 Å². The van der Waals surface area contributed by atoms with Crippen molar-refractivity contribution in [2.75, 3.05) is 0 Å². The molecular formula is C13H13FO3. The number of rotatable bonds is 5. The monoisotopic (exact) mass is 236 g/mol. The van der Waals surface area contributed by atoms with Crippen LogP contribution in [-0.2, 0) is 24.6 Å². The summed E-state index contributed by atoms with van der Waals surface area (Å²) in [6.07, 6.45) is 0. The molecule has 2 rings (SSSR count). The largest absolute Gasteiger partial charge is 0.461 e. The van der Waals surface area contributed by atoms with Gasteiger partial charge >= 0.3 is 0 Å². The zero-order valence-electron chi connectivity index (χ0n) is 9.23. The molecule has 0 amide bonds. The van der Waals surface area contributed by atoms with Gasteiger partial charge in [0, 0.05) is 5.56 Å². The summed E-state index contributed by atoms with van der Waals surface area (Å²) in [5.41, 5.74) is 0.515. The van der Waals surface area contributed by atoms with Crippen LogP contribution >= 0.6 is 0 Å². The molecular weight excluding hydrogens is 223 g/mol. The second-order valence-corrected chi connectivity index (χ2v) is 3.61. The maximum Gasteiger partial charge on any atom is 0.130 e. The van der Waals surface area contributed by atoms with Gasteiger partial charge in [0.25, 0.3) is 0 Å². The zero-order chi connectivity index (χ0) is 12.1. The van der Waals surface area contributed by atoms with E-state index in [1.165, 1.54) is 6.07 Å². The molecule has 0 saturated carbocycles. The van der Waals surface area contributed by atoms with Crippen molar-refractivity contribution in [3.05, 3.63) is 59.3 Å². The maximum atomic E-state index is 13.2. The molecule has 0 fully saturated rings. The van der Waals surface area contributed by atoms with Gasteiger partial charge in [-0.05, 0) is 18.2 Å². The van der Waals surface area contributed by atoms with Crippen molar-refractivity contribution in [1.82, 2.24) is 0 Å². The van der Waals surface area contributed by atoms with E-state index in [4.69, 9.17) is 14.3 Å². The molecule has 0 saturated heterocycles.